The summed E-state index contributed by atoms with van der Waals surface area (Å²) in [6, 6.07) is 7.36. The minimum Gasteiger partial charge on any atom is -0.207 e. The third kappa shape index (κ3) is 3.55. The number of hydrogen-bond donors (Lipinski definition) is 0. The average Bonchev–Trinajstić information content (AvgIpc) is 2.34. The van der Waals surface area contributed by atoms with E-state index in [0.29, 0.717) is 11.4 Å². The fraction of sp³-hybridized carbons (Fsp3) is 0.500. The predicted octanol–water partition coefficient (Wildman–Crippen LogP) is 2.47. The lowest BCUT2D eigenvalue weighted by Gasteiger charge is -2.22. The van der Waals surface area contributed by atoms with Gasteiger partial charge in [0, 0.05) is 13.1 Å². The molecular weight excluding hydrogens is 260 g/mol. The first-order valence-electron chi connectivity index (χ1n) is 6.30. The Morgan fingerprint density at radius 3 is 2.47 bits per heavy atom. The lowest BCUT2D eigenvalue weighted by Crippen LogP contribution is -2.34. The molecule has 0 aliphatic carbocycles. The minimum absolute atomic E-state index is 0.225. The average molecular weight is 280 g/mol. The van der Waals surface area contributed by atoms with Crippen molar-refractivity contribution in [2.45, 2.75) is 32.6 Å². The number of nitrogens with zero attached hydrogens (tertiary/aromatic N) is 2. The molecule has 4 nitrogen and oxygen atoms in total. The van der Waals surface area contributed by atoms with E-state index >= 15 is 0 Å². The molecule has 0 N–H and O–H groups in total. The third-order valence-electron chi connectivity index (χ3n) is 3.00. The van der Waals surface area contributed by atoms with Crippen molar-refractivity contribution in [3.05, 3.63) is 29.3 Å². The molecule has 0 heterocycles. The number of aryl methyl sites for hydroxylation is 2. The van der Waals surface area contributed by atoms with Gasteiger partial charge in [-0.1, -0.05) is 24.6 Å². The molecule has 0 saturated heterocycles. The van der Waals surface area contributed by atoms with E-state index in [2.05, 4.69) is 6.07 Å². The molecule has 0 saturated carbocycles. The van der Waals surface area contributed by atoms with E-state index in [1.807, 2.05) is 13.0 Å². The van der Waals surface area contributed by atoms with Gasteiger partial charge in [0.2, 0.25) is 10.0 Å². The van der Waals surface area contributed by atoms with Crippen molar-refractivity contribution in [2.24, 2.45) is 5.92 Å². The first-order valence-corrected chi connectivity index (χ1v) is 7.74. The van der Waals surface area contributed by atoms with Crippen LogP contribution < -0.4 is 0 Å². The van der Waals surface area contributed by atoms with Crippen LogP contribution >= 0.6 is 0 Å². The van der Waals surface area contributed by atoms with Crippen molar-refractivity contribution in [3.8, 4) is 6.07 Å². The Balaban J connectivity index is 3.18. The zero-order valence-electron chi connectivity index (χ0n) is 11.8. The zero-order chi connectivity index (χ0) is 14.6. The monoisotopic (exact) mass is 280 g/mol. The molecule has 1 atom stereocenters. The molecule has 0 aliphatic rings. The molecule has 5 heteroatoms. The summed E-state index contributed by atoms with van der Waals surface area (Å²) < 4.78 is 26.5. The summed E-state index contributed by atoms with van der Waals surface area (Å²) in [6.45, 7) is 7.82. The van der Waals surface area contributed by atoms with E-state index < -0.39 is 10.0 Å². The van der Waals surface area contributed by atoms with Gasteiger partial charge in [0.1, 0.15) is 0 Å². The van der Waals surface area contributed by atoms with Crippen LogP contribution in [0.15, 0.2) is 23.1 Å². The highest BCUT2D eigenvalue weighted by molar-refractivity contribution is 7.89. The highest BCUT2D eigenvalue weighted by atomic mass is 32.2. The predicted molar refractivity (Wildman–Crippen MR) is 75.1 cm³/mol. The Morgan fingerprint density at radius 2 is 2.00 bits per heavy atom. The van der Waals surface area contributed by atoms with Crippen LogP contribution in [0.25, 0.3) is 0 Å². The summed E-state index contributed by atoms with van der Waals surface area (Å²) in [5.41, 5.74) is 1.77. The molecule has 104 valence electrons. The van der Waals surface area contributed by atoms with Crippen molar-refractivity contribution < 1.29 is 8.42 Å². The molecule has 0 amide bonds. The maximum atomic E-state index is 12.6. The van der Waals surface area contributed by atoms with E-state index in [9.17, 15) is 8.42 Å². The Kier molecular flexibility index (Phi) is 5.10. The molecule has 1 rings (SSSR count). The number of sulfonamides is 1. The summed E-state index contributed by atoms with van der Waals surface area (Å²) in [5, 5.41) is 8.83. The van der Waals surface area contributed by atoms with E-state index in [0.717, 1.165) is 11.1 Å². The second-order valence-electron chi connectivity index (χ2n) is 4.75. The lowest BCUT2D eigenvalue weighted by atomic mass is 10.2. The first-order chi connectivity index (χ1) is 8.82. The van der Waals surface area contributed by atoms with Crippen molar-refractivity contribution in [1.82, 2.24) is 4.31 Å². The van der Waals surface area contributed by atoms with Crippen LogP contribution in [0, 0.1) is 31.1 Å². The topological polar surface area (TPSA) is 61.2 Å². The molecule has 1 aromatic carbocycles. The van der Waals surface area contributed by atoms with Crippen LogP contribution in [0.2, 0.25) is 0 Å². The molecule has 0 spiro atoms. The summed E-state index contributed by atoms with van der Waals surface area (Å²) in [5.74, 6) is -0.319. The third-order valence-corrected chi connectivity index (χ3v) is 5.10. The second-order valence-corrected chi connectivity index (χ2v) is 6.66. The van der Waals surface area contributed by atoms with Crippen molar-refractivity contribution in [1.29, 1.82) is 5.26 Å². The van der Waals surface area contributed by atoms with E-state index in [1.54, 1.807) is 32.9 Å². The van der Waals surface area contributed by atoms with Gasteiger partial charge < -0.3 is 0 Å². The molecule has 1 aromatic rings. The molecule has 19 heavy (non-hydrogen) atoms. The Bertz CT molecular complexity index is 588. The largest absolute Gasteiger partial charge is 0.243 e. The summed E-state index contributed by atoms with van der Waals surface area (Å²) in [7, 11) is -3.52. The van der Waals surface area contributed by atoms with E-state index in [-0.39, 0.29) is 12.5 Å². The van der Waals surface area contributed by atoms with Gasteiger partial charge in [0.15, 0.2) is 0 Å². The normalized spacial score (nSPS) is 13.3. The Labute approximate surface area is 115 Å². The lowest BCUT2D eigenvalue weighted by molar-refractivity contribution is 0.399. The highest BCUT2D eigenvalue weighted by Gasteiger charge is 2.25. The molecule has 0 fully saturated rings. The molecule has 0 aromatic heterocycles. The fourth-order valence-electron chi connectivity index (χ4n) is 1.97. The standard InChI is InChI=1S/C14H20N2O2S/c1-5-16(10-12(3)9-15)19(17,18)14-7-6-11(2)8-13(14)4/h6-8,12H,5,10H2,1-4H3/t12-/m0/s1. The van der Waals surface area contributed by atoms with Gasteiger partial charge in [-0.3, -0.25) is 0 Å². The molecule has 0 bridgehead atoms. The van der Waals surface area contributed by atoms with Gasteiger partial charge in [0.05, 0.1) is 16.9 Å². The number of rotatable bonds is 5. The maximum Gasteiger partial charge on any atom is 0.243 e. The van der Waals surface area contributed by atoms with Gasteiger partial charge >= 0.3 is 0 Å². The highest BCUT2D eigenvalue weighted by Crippen LogP contribution is 2.21. The fourth-order valence-corrected chi connectivity index (χ4v) is 3.72. The van der Waals surface area contributed by atoms with Crippen LogP contribution in [0.3, 0.4) is 0 Å². The first kappa shape index (κ1) is 15.7. The second kappa shape index (κ2) is 6.18. The van der Waals surface area contributed by atoms with Gasteiger partial charge in [-0.05, 0) is 32.4 Å². The van der Waals surface area contributed by atoms with Gasteiger partial charge in [0.25, 0.3) is 0 Å². The van der Waals surface area contributed by atoms with E-state index in [4.69, 9.17) is 5.26 Å². The molecular formula is C14H20N2O2S. The van der Waals surface area contributed by atoms with E-state index in [1.165, 1.54) is 4.31 Å². The van der Waals surface area contributed by atoms with Crippen molar-refractivity contribution >= 4 is 10.0 Å². The van der Waals surface area contributed by atoms with Crippen LogP contribution in [0.4, 0.5) is 0 Å². The quantitative estimate of drug-likeness (QED) is 0.832. The molecule has 0 aliphatic heterocycles. The SMILES string of the molecule is CCN(C[C@@H](C)C#N)S(=O)(=O)c1ccc(C)cc1C. The Hall–Kier alpha value is -1.38. The van der Waals surface area contributed by atoms with Gasteiger partial charge in [-0.25, -0.2) is 8.42 Å². The van der Waals surface area contributed by atoms with Crippen LogP contribution in [-0.2, 0) is 10.0 Å². The number of benzene rings is 1. The zero-order valence-corrected chi connectivity index (χ0v) is 12.7. The number of nitriles is 1. The Morgan fingerprint density at radius 1 is 1.37 bits per heavy atom. The van der Waals surface area contributed by atoms with Crippen LogP contribution in [-0.4, -0.2) is 25.8 Å². The van der Waals surface area contributed by atoms with Crippen molar-refractivity contribution in [2.75, 3.05) is 13.1 Å². The summed E-state index contributed by atoms with van der Waals surface area (Å²) in [6.07, 6.45) is 0. The van der Waals surface area contributed by atoms with Gasteiger partial charge in [-0.15, -0.1) is 0 Å². The molecule has 0 unspecified atom stereocenters. The minimum atomic E-state index is -3.52. The summed E-state index contributed by atoms with van der Waals surface area (Å²) in [4.78, 5) is 0.324. The van der Waals surface area contributed by atoms with Crippen LogP contribution in [0.5, 0.6) is 0 Å². The molecule has 0 radical (unpaired) electrons. The van der Waals surface area contributed by atoms with Crippen molar-refractivity contribution in [3.63, 3.8) is 0 Å². The smallest absolute Gasteiger partial charge is 0.207 e. The van der Waals surface area contributed by atoms with Crippen LogP contribution in [0.1, 0.15) is 25.0 Å². The van der Waals surface area contributed by atoms with Gasteiger partial charge in [-0.2, -0.15) is 9.57 Å². The number of hydrogen-bond acceptors (Lipinski definition) is 3. The maximum absolute atomic E-state index is 12.6. The summed E-state index contributed by atoms with van der Waals surface area (Å²) >= 11 is 0.